The number of carbonyl (C=O) groups is 2. The Kier molecular flexibility index (Phi) is 5.28. The zero-order valence-electron chi connectivity index (χ0n) is 10.8. The van der Waals surface area contributed by atoms with Crippen LogP contribution in [0.15, 0.2) is 24.3 Å². The van der Waals surface area contributed by atoms with Gasteiger partial charge in [-0.25, -0.2) is 5.48 Å². The van der Waals surface area contributed by atoms with Gasteiger partial charge in [-0.15, -0.1) is 0 Å². The van der Waals surface area contributed by atoms with E-state index in [1.165, 1.54) is 12.4 Å². The molecule has 1 aromatic carbocycles. The van der Waals surface area contributed by atoms with Crippen molar-refractivity contribution >= 4 is 11.8 Å². The molecule has 0 bridgehead atoms. The molecule has 2 atom stereocenters. The Bertz CT molecular complexity index is 514. The van der Waals surface area contributed by atoms with Crippen molar-refractivity contribution in [2.45, 2.75) is 25.2 Å². The highest BCUT2D eigenvalue weighted by molar-refractivity contribution is 5.97. The molecule has 0 saturated carbocycles. The van der Waals surface area contributed by atoms with Gasteiger partial charge in [-0.1, -0.05) is 0 Å². The molecular weight excluding hydrogens is 293 g/mol. The van der Waals surface area contributed by atoms with Gasteiger partial charge in [-0.2, -0.15) is 13.2 Å². The van der Waals surface area contributed by atoms with Gasteiger partial charge in [0.05, 0.1) is 11.7 Å². The Balaban J connectivity index is 2.86. The molecule has 1 rings (SSSR count). The summed E-state index contributed by atoms with van der Waals surface area (Å²) in [5, 5.41) is 19.9. The van der Waals surface area contributed by atoms with Gasteiger partial charge >= 0.3 is 6.18 Å². The maximum absolute atomic E-state index is 12.4. The molecule has 0 unspecified atom stereocenters. The first kappa shape index (κ1) is 16.9. The van der Waals surface area contributed by atoms with Crippen LogP contribution >= 0.6 is 0 Å². The SMILES string of the molecule is C[C@@H](O)[C@H](NC(=O)c1ccc(C(F)(F)F)cc1)C(=O)NO. The molecule has 6 nitrogen and oxygen atoms in total. The number of aliphatic hydroxyl groups excluding tert-OH is 1. The molecule has 9 heteroatoms. The van der Waals surface area contributed by atoms with Crippen LogP contribution in [0.5, 0.6) is 0 Å². The molecule has 0 fully saturated rings. The van der Waals surface area contributed by atoms with E-state index in [2.05, 4.69) is 5.32 Å². The van der Waals surface area contributed by atoms with E-state index in [0.29, 0.717) is 0 Å². The molecule has 0 radical (unpaired) electrons. The first-order valence-corrected chi connectivity index (χ1v) is 5.77. The largest absolute Gasteiger partial charge is 0.416 e. The van der Waals surface area contributed by atoms with Crippen molar-refractivity contribution in [2.75, 3.05) is 0 Å². The van der Waals surface area contributed by atoms with Gasteiger partial charge in [0.15, 0.2) is 0 Å². The smallest absolute Gasteiger partial charge is 0.391 e. The van der Waals surface area contributed by atoms with Crippen LogP contribution in [0.1, 0.15) is 22.8 Å². The standard InChI is InChI=1S/C12H13F3N2O4/c1-6(18)9(11(20)17-21)16-10(19)7-2-4-8(5-3-7)12(13,14)15/h2-6,9,18,21H,1H3,(H,16,19)(H,17,20)/t6-,9+/m1/s1. The van der Waals surface area contributed by atoms with Crippen molar-refractivity contribution in [1.29, 1.82) is 0 Å². The fourth-order valence-electron chi connectivity index (χ4n) is 1.51. The fourth-order valence-corrected chi connectivity index (χ4v) is 1.51. The summed E-state index contributed by atoms with van der Waals surface area (Å²) in [6, 6.07) is 1.88. The van der Waals surface area contributed by atoms with Gasteiger partial charge < -0.3 is 10.4 Å². The fraction of sp³-hybridized carbons (Fsp3) is 0.333. The third-order valence-electron chi connectivity index (χ3n) is 2.64. The van der Waals surface area contributed by atoms with E-state index in [-0.39, 0.29) is 5.56 Å². The molecule has 0 spiro atoms. The first-order valence-electron chi connectivity index (χ1n) is 5.77. The van der Waals surface area contributed by atoms with Crippen LogP contribution < -0.4 is 10.8 Å². The van der Waals surface area contributed by atoms with Crippen LogP contribution in [0.25, 0.3) is 0 Å². The number of aliphatic hydroxyl groups is 1. The number of halogens is 3. The number of rotatable bonds is 4. The van der Waals surface area contributed by atoms with E-state index in [1.54, 1.807) is 0 Å². The normalized spacial score (nSPS) is 14.2. The van der Waals surface area contributed by atoms with Crippen LogP contribution in [0, 0.1) is 0 Å². The molecule has 0 aliphatic rings. The van der Waals surface area contributed by atoms with Crippen molar-refractivity contribution in [1.82, 2.24) is 10.8 Å². The van der Waals surface area contributed by atoms with Crippen molar-refractivity contribution in [3.63, 3.8) is 0 Å². The quantitative estimate of drug-likeness (QED) is 0.486. The average Bonchev–Trinajstić information content (AvgIpc) is 2.42. The molecule has 1 aromatic rings. The molecule has 2 amide bonds. The third kappa shape index (κ3) is 4.43. The summed E-state index contributed by atoms with van der Waals surface area (Å²) in [5.74, 6) is -1.91. The van der Waals surface area contributed by atoms with Crippen LogP contribution in [0.3, 0.4) is 0 Å². The highest BCUT2D eigenvalue weighted by Crippen LogP contribution is 2.29. The van der Waals surface area contributed by atoms with Gasteiger partial charge in [0.1, 0.15) is 6.04 Å². The second kappa shape index (κ2) is 6.55. The second-order valence-electron chi connectivity index (χ2n) is 4.24. The Morgan fingerprint density at radius 3 is 2.10 bits per heavy atom. The summed E-state index contributed by atoms with van der Waals surface area (Å²) in [4.78, 5) is 23.0. The predicted octanol–water partition coefficient (Wildman–Crippen LogP) is 0.690. The lowest BCUT2D eigenvalue weighted by Gasteiger charge is -2.19. The maximum Gasteiger partial charge on any atom is 0.416 e. The highest BCUT2D eigenvalue weighted by Gasteiger charge is 2.30. The number of benzene rings is 1. The first-order chi connectivity index (χ1) is 9.66. The summed E-state index contributed by atoms with van der Waals surface area (Å²) in [5.41, 5.74) is 0.227. The predicted molar refractivity (Wildman–Crippen MR) is 64.3 cm³/mol. The van der Waals surface area contributed by atoms with Gasteiger partial charge in [-0.3, -0.25) is 14.8 Å². The summed E-state index contributed by atoms with van der Waals surface area (Å²) in [6.45, 7) is 1.20. The molecule has 0 aromatic heterocycles. The zero-order chi connectivity index (χ0) is 16.2. The molecular formula is C12H13F3N2O4. The minimum Gasteiger partial charge on any atom is -0.391 e. The molecule has 4 N–H and O–H groups in total. The van der Waals surface area contributed by atoms with Gasteiger partial charge in [0.2, 0.25) is 0 Å². The number of alkyl halides is 3. The van der Waals surface area contributed by atoms with Crippen LogP contribution in [-0.4, -0.2) is 34.3 Å². The van der Waals surface area contributed by atoms with Crippen LogP contribution in [-0.2, 0) is 11.0 Å². The molecule has 0 aliphatic carbocycles. The molecule has 116 valence electrons. The van der Waals surface area contributed by atoms with Crippen LogP contribution in [0.2, 0.25) is 0 Å². The Labute approximate surface area is 117 Å². The van der Waals surface area contributed by atoms with E-state index in [9.17, 15) is 27.9 Å². The Morgan fingerprint density at radius 2 is 1.71 bits per heavy atom. The molecule has 0 aliphatic heterocycles. The number of carbonyl (C=O) groups excluding carboxylic acids is 2. The van der Waals surface area contributed by atoms with Crippen molar-refractivity contribution < 1.29 is 33.1 Å². The molecule has 21 heavy (non-hydrogen) atoms. The average molecular weight is 306 g/mol. The van der Waals surface area contributed by atoms with E-state index in [4.69, 9.17) is 5.21 Å². The van der Waals surface area contributed by atoms with Gasteiger partial charge in [0, 0.05) is 5.56 Å². The zero-order valence-corrected chi connectivity index (χ0v) is 10.8. The Hall–Kier alpha value is -2.13. The molecule has 0 saturated heterocycles. The van der Waals surface area contributed by atoms with Crippen molar-refractivity contribution in [3.05, 3.63) is 35.4 Å². The van der Waals surface area contributed by atoms with E-state index in [1.807, 2.05) is 0 Å². The lowest BCUT2D eigenvalue weighted by atomic mass is 10.1. The molecule has 0 heterocycles. The lowest BCUT2D eigenvalue weighted by Crippen LogP contribution is -2.51. The summed E-state index contributed by atoms with van der Waals surface area (Å²) < 4.78 is 37.1. The number of hydroxylamine groups is 1. The monoisotopic (exact) mass is 306 g/mol. The maximum atomic E-state index is 12.4. The summed E-state index contributed by atoms with van der Waals surface area (Å²) in [7, 11) is 0. The third-order valence-corrected chi connectivity index (χ3v) is 2.64. The minimum absolute atomic E-state index is 0.126. The van der Waals surface area contributed by atoms with Crippen LogP contribution in [0.4, 0.5) is 13.2 Å². The summed E-state index contributed by atoms with van der Waals surface area (Å²) in [6.07, 6.45) is -5.83. The van der Waals surface area contributed by atoms with E-state index in [0.717, 1.165) is 24.3 Å². The number of hydrogen-bond acceptors (Lipinski definition) is 4. The van der Waals surface area contributed by atoms with Gasteiger partial charge in [-0.05, 0) is 31.2 Å². The number of amides is 2. The Morgan fingerprint density at radius 1 is 1.19 bits per heavy atom. The number of nitrogens with one attached hydrogen (secondary N) is 2. The minimum atomic E-state index is -4.52. The van der Waals surface area contributed by atoms with E-state index >= 15 is 0 Å². The van der Waals surface area contributed by atoms with E-state index < -0.39 is 35.7 Å². The topological polar surface area (TPSA) is 98.7 Å². The number of hydrogen-bond donors (Lipinski definition) is 4. The second-order valence-corrected chi connectivity index (χ2v) is 4.24. The lowest BCUT2D eigenvalue weighted by molar-refractivity contribution is -0.137. The van der Waals surface area contributed by atoms with Crippen molar-refractivity contribution in [3.8, 4) is 0 Å². The highest BCUT2D eigenvalue weighted by atomic mass is 19.4. The van der Waals surface area contributed by atoms with Crippen molar-refractivity contribution in [2.24, 2.45) is 0 Å². The summed E-state index contributed by atoms with van der Waals surface area (Å²) >= 11 is 0. The van der Waals surface area contributed by atoms with Gasteiger partial charge in [0.25, 0.3) is 11.8 Å².